The Morgan fingerprint density at radius 2 is 1.85 bits per heavy atom. The van der Waals surface area contributed by atoms with Gasteiger partial charge < -0.3 is 14.2 Å². The van der Waals surface area contributed by atoms with Gasteiger partial charge in [-0.25, -0.2) is 5.10 Å². The van der Waals surface area contributed by atoms with Crippen LogP contribution in [0.15, 0.2) is 41.6 Å². The Kier molecular flexibility index (Phi) is 5.28. The fourth-order valence-corrected chi connectivity index (χ4v) is 2.51. The molecule has 0 atom stereocenters. The number of pyridine rings is 1. The minimum atomic E-state index is 0.341. The molecule has 0 aliphatic carbocycles. The Labute approximate surface area is 155 Å². The molecule has 8 nitrogen and oxygen atoms in total. The van der Waals surface area contributed by atoms with E-state index in [1.807, 2.05) is 18.2 Å². The summed E-state index contributed by atoms with van der Waals surface area (Å²) in [5, 5.41) is 11.4. The van der Waals surface area contributed by atoms with Gasteiger partial charge in [-0.1, -0.05) is 6.07 Å². The first-order chi connectivity index (χ1) is 12.7. The summed E-state index contributed by atoms with van der Waals surface area (Å²) in [5.41, 5.74) is 1.29. The largest absolute Gasteiger partial charge is 0.496 e. The maximum Gasteiger partial charge on any atom is 0.216 e. The Morgan fingerprint density at radius 3 is 2.42 bits per heavy atom. The first-order valence-electron chi connectivity index (χ1n) is 7.61. The fourth-order valence-electron chi connectivity index (χ4n) is 2.33. The van der Waals surface area contributed by atoms with E-state index in [4.69, 9.17) is 26.4 Å². The Hall–Kier alpha value is -3.20. The van der Waals surface area contributed by atoms with Gasteiger partial charge in [-0.3, -0.25) is 4.98 Å². The topological polar surface area (TPSA) is 86.5 Å². The van der Waals surface area contributed by atoms with Crippen LogP contribution in [0.25, 0.3) is 11.5 Å². The lowest BCUT2D eigenvalue weighted by molar-refractivity contribution is 0.374. The second-order valence-electron chi connectivity index (χ2n) is 5.07. The van der Waals surface area contributed by atoms with Crippen LogP contribution in [-0.2, 0) is 0 Å². The van der Waals surface area contributed by atoms with E-state index in [0.717, 1.165) is 0 Å². The molecule has 134 valence electrons. The maximum absolute atomic E-state index is 5.42. The summed E-state index contributed by atoms with van der Waals surface area (Å²) in [5.74, 6) is 2.22. The van der Waals surface area contributed by atoms with Crippen molar-refractivity contribution in [3.8, 4) is 28.8 Å². The number of hydrogen-bond donors (Lipinski definition) is 1. The number of nitrogens with one attached hydrogen (secondary N) is 1. The monoisotopic (exact) mass is 371 g/mol. The average molecular weight is 371 g/mol. The maximum atomic E-state index is 5.42. The molecule has 0 saturated carbocycles. The van der Waals surface area contributed by atoms with Gasteiger partial charge in [0.25, 0.3) is 0 Å². The molecule has 2 aromatic heterocycles. The lowest BCUT2D eigenvalue weighted by atomic mass is 10.2. The molecule has 0 amide bonds. The van der Waals surface area contributed by atoms with E-state index in [2.05, 4.69) is 20.3 Å². The zero-order valence-corrected chi connectivity index (χ0v) is 15.3. The standard InChI is InChI=1S/C17H17N5O3S/c1-23-11-8-14(24-2)12(15(9-11)25-3)10-19-22-16(20-21-17(22)26)13-6-4-5-7-18-13/h4-10H,1-3H3,(H,21,26). The highest BCUT2D eigenvalue weighted by Crippen LogP contribution is 2.32. The predicted molar refractivity (Wildman–Crippen MR) is 99.7 cm³/mol. The third kappa shape index (κ3) is 3.42. The van der Waals surface area contributed by atoms with Crippen molar-refractivity contribution in [3.63, 3.8) is 0 Å². The lowest BCUT2D eigenvalue weighted by Gasteiger charge is -2.12. The molecule has 0 fully saturated rings. The van der Waals surface area contributed by atoms with Crippen molar-refractivity contribution in [2.45, 2.75) is 0 Å². The molecular formula is C17H17N5O3S. The Balaban J connectivity index is 2.07. The molecule has 0 aliphatic rings. The van der Waals surface area contributed by atoms with Crippen LogP contribution >= 0.6 is 12.2 Å². The van der Waals surface area contributed by atoms with Gasteiger partial charge in [0.15, 0.2) is 0 Å². The van der Waals surface area contributed by atoms with Gasteiger partial charge >= 0.3 is 0 Å². The summed E-state index contributed by atoms with van der Waals surface area (Å²) in [6.45, 7) is 0. The van der Waals surface area contributed by atoms with Gasteiger partial charge in [0.05, 0.1) is 33.1 Å². The van der Waals surface area contributed by atoms with Crippen LogP contribution < -0.4 is 14.2 Å². The number of rotatable bonds is 6. The van der Waals surface area contributed by atoms with Crippen LogP contribution in [0, 0.1) is 4.77 Å². The first kappa shape index (κ1) is 17.6. The van der Waals surface area contributed by atoms with Gasteiger partial charge in [0.1, 0.15) is 22.9 Å². The van der Waals surface area contributed by atoms with E-state index in [1.54, 1.807) is 45.9 Å². The number of benzene rings is 1. The van der Waals surface area contributed by atoms with E-state index in [1.165, 1.54) is 4.68 Å². The van der Waals surface area contributed by atoms with E-state index in [0.29, 0.717) is 39.1 Å². The molecule has 2 heterocycles. The summed E-state index contributed by atoms with van der Waals surface area (Å²) in [4.78, 5) is 4.28. The number of H-pyrrole nitrogens is 1. The highest BCUT2D eigenvalue weighted by Gasteiger charge is 2.13. The molecular weight excluding hydrogens is 354 g/mol. The van der Waals surface area contributed by atoms with Gasteiger partial charge in [-0.2, -0.15) is 14.9 Å². The molecule has 3 aromatic rings. The molecule has 0 bridgehead atoms. The van der Waals surface area contributed by atoms with Gasteiger partial charge in [-0.15, -0.1) is 0 Å². The van der Waals surface area contributed by atoms with E-state index in [9.17, 15) is 0 Å². The second-order valence-corrected chi connectivity index (χ2v) is 5.46. The second kappa shape index (κ2) is 7.79. The van der Waals surface area contributed by atoms with Crippen molar-refractivity contribution < 1.29 is 14.2 Å². The number of ether oxygens (including phenoxy) is 3. The summed E-state index contributed by atoms with van der Waals surface area (Å²) in [6, 6.07) is 9.01. The zero-order valence-electron chi connectivity index (χ0n) is 14.5. The van der Waals surface area contributed by atoms with E-state index >= 15 is 0 Å². The molecule has 9 heteroatoms. The van der Waals surface area contributed by atoms with Crippen molar-refractivity contribution in [3.05, 3.63) is 46.9 Å². The number of aromatic amines is 1. The van der Waals surface area contributed by atoms with Crippen LogP contribution in [-0.4, -0.2) is 47.4 Å². The highest BCUT2D eigenvalue weighted by atomic mass is 32.1. The first-order valence-corrected chi connectivity index (χ1v) is 8.02. The van der Waals surface area contributed by atoms with Crippen molar-refractivity contribution >= 4 is 18.4 Å². The molecule has 26 heavy (non-hydrogen) atoms. The smallest absolute Gasteiger partial charge is 0.216 e. The molecule has 3 rings (SSSR count). The Bertz CT molecular complexity index is 957. The average Bonchev–Trinajstić information content (AvgIpc) is 3.06. The van der Waals surface area contributed by atoms with E-state index in [-0.39, 0.29) is 0 Å². The van der Waals surface area contributed by atoms with Crippen molar-refractivity contribution in [2.75, 3.05) is 21.3 Å². The molecule has 0 unspecified atom stereocenters. The van der Waals surface area contributed by atoms with Gasteiger partial charge in [-0.05, 0) is 24.4 Å². The summed E-state index contributed by atoms with van der Waals surface area (Å²) < 4.78 is 17.9. The van der Waals surface area contributed by atoms with Crippen LogP contribution in [0.4, 0.5) is 0 Å². The van der Waals surface area contributed by atoms with E-state index < -0.39 is 0 Å². The molecule has 0 spiro atoms. The minimum Gasteiger partial charge on any atom is -0.496 e. The SMILES string of the molecule is COc1cc(OC)c(C=Nn2c(-c3ccccn3)n[nH]c2=S)c(OC)c1. The predicted octanol–water partition coefficient (Wildman–Crippen LogP) is 2.91. The summed E-state index contributed by atoms with van der Waals surface area (Å²) >= 11 is 5.27. The summed E-state index contributed by atoms with van der Waals surface area (Å²) in [6.07, 6.45) is 3.27. The normalized spacial score (nSPS) is 10.9. The van der Waals surface area contributed by atoms with Crippen molar-refractivity contribution in [1.82, 2.24) is 19.9 Å². The fraction of sp³-hybridized carbons (Fsp3) is 0.176. The molecule has 0 saturated heterocycles. The third-order valence-electron chi connectivity index (χ3n) is 3.60. The van der Waals surface area contributed by atoms with Crippen LogP contribution in [0.3, 0.4) is 0 Å². The quantitative estimate of drug-likeness (QED) is 0.530. The molecule has 1 aromatic carbocycles. The third-order valence-corrected chi connectivity index (χ3v) is 3.86. The number of nitrogens with zero attached hydrogens (tertiary/aromatic N) is 4. The number of hydrogen-bond acceptors (Lipinski definition) is 7. The van der Waals surface area contributed by atoms with Crippen LogP contribution in [0.5, 0.6) is 17.2 Å². The number of aromatic nitrogens is 4. The van der Waals surface area contributed by atoms with Crippen LogP contribution in [0.2, 0.25) is 0 Å². The zero-order chi connectivity index (χ0) is 18.5. The Morgan fingerprint density at radius 1 is 1.12 bits per heavy atom. The molecule has 0 radical (unpaired) electrons. The van der Waals surface area contributed by atoms with Crippen molar-refractivity contribution in [2.24, 2.45) is 5.10 Å². The molecule has 0 aliphatic heterocycles. The molecule has 1 N–H and O–H groups in total. The van der Waals surface area contributed by atoms with Crippen molar-refractivity contribution in [1.29, 1.82) is 0 Å². The summed E-state index contributed by atoms with van der Waals surface area (Å²) in [7, 11) is 4.70. The minimum absolute atomic E-state index is 0.341. The number of methoxy groups -OCH3 is 3. The van der Waals surface area contributed by atoms with Gasteiger partial charge in [0, 0.05) is 18.3 Å². The van der Waals surface area contributed by atoms with Crippen LogP contribution in [0.1, 0.15) is 5.56 Å². The highest BCUT2D eigenvalue weighted by molar-refractivity contribution is 7.71. The lowest BCUT2D eigenvalue weighted by Crippen LogP contribution is -2.00. The van der Waals surface area contributed by atoms with Gasteiger partial charge in [0.2, 0.25) is 10.6 Å².